The molecule has 0 bridgehead atoms. The third-order valence-corrected chi connectivity index (χ3v) is 2.74. The van der Waals surface area contributed by atoms with E-state index in [1.54, 1.807) is 31.2 Å². The molecule has 1 atom stereocenters. The largest absolute Gasteiger partial charge is 0.468 e. The zero-order chi connectivity index (χ0) is 13.7. The minimum Gasteiger partial charge on any atom is -0.468 e. The first kappa shape index (κ1) is 14.5. The number of Topliss-reactive ketones (excluding diaryl/α,β-unsaturated/α-hetero) is 1. The van der Waals surface area contributed by atoms with E-state index in [0.29, 0.717) is 10.6 Å². The van der Waals surface area contributed by atoms with Crippen molar-refractivity contribution in [3.05, 3.63) is 47.0 Å². The number of rotatable bonds is 5. The Kier molecular flexibility index (Phi) is 5.10. The molecule has 0 amide bonds. The average Bonchev–Trinajstić information content (AvgIpc) is 2.35. The lowest BCUT2D eigenvalue weighted by Gasteiger charge is -2.13. The summed E-state index contributed by atoms with van der Waals surface area (Å²) in [5, 5.41) is 0.543. The molecule has 4 heteroatoms. The summed E-state index contributed by atoms with van der Waals surface area (Å²) >= 11 is 5.75. The molecule has 0 N–H and O–H groups in total. The van der Waals surface area contributed by atoms with Gasteiger partial charge in [-0.05, 0) is 37.6 Å². The van der Waals surface area contributed by atoms with Crippen molar-refractivity contribution in [2.75, 3.05) is 7.11 Å². The molecule has 1 unspecified atom stereocenters. The summed E-state index contributed by atoms with van der Waals surface area (Å²) in [6.45, 7) is 5.49. The van der Waals surface area contributed by atoms with Crippen molar-refractivity contribution < 1.29 is 14.3 Å². The Hall–Kier alpha value is -1.61. The molecule has 1 aromatic rings. The third-order valence-electron chi connectivity index (χ3n) is 2.48. The molecule has 0 fully saturated rings. The number of hydrogen-bond acceptors (Lipinski definition) is 3. The number of esters is 1. The Morgan fingerprint density at radius 1 is 1.33 bits per heavy atom. The van der Waals surface area contributed by atoms with Crippen LogP contribution in [0, 0.1) is 5.92 Å². The summed E-state index contributed by atoms with van der Waals surface area (Å²) in [6, 6.07) is 6.42. The first-order valence-corrected chi connectivity index (χ1v) is 5.85. The maximum absolute atomic E-state index is 12.2. The van der Waals surface area contributed by atoms with Crippen molar-refractivity contribution in [1.29, 1.82) is 0 Å². The summed E-state index contributed by atoms with van der Waals surface area (Å²) in [5.41, 5.74) is 1.20. The molecule has 96 valence electrons. The quantitative estimate of drug-likeness (QED) is 0.356. The zero-order valence-electron chi connectivity index (χ0n) is 10.4. The van der Waals surface area contributed by atoms with E-state index in [4.69, 9.17) is 11.6 Å². The van der Waals surface area contributed by atoms with Crippen molar-refractivity contribution in [2.24, 2.45) is 5.92 Å². The lowest BCUT2D eigenvalue weighted by Crippen LogP contribution is -2.25. The van der Waals surface area contributed by atoms with Crippen molar-refractivity contribution >= 4 is 23.4 Å². The molecular formula is C14H15ClO3. The summed E-state index contributed by atoms with van der Waals surface area (Å²) in [4.78, 5) is 23.8. The zero-order valence-corrected chi connectivity index (χ0v) is 11.2. The van der Waals surface area contributed by atoms with Gasteiger partial charge in [-0.15, -0.1) is 6.58 Å². The Labute approximate surface area is 111 Å². The van der Waals surface area contributed by atoms with Gasteiger partial charge < -0.3 is 4.74 Å². The molecule has 0 radical (unpaired) electrons. The summed E-state index contributed by atoms with van der Waals surface area (Å²) in [6.07, 6.45) is 0.286. The minimum absolute atomic E-state index is 0.276. The van der Waals surface area contributed by atoms with E-state index in [2.05, 4.69) is 11.3 Å². The molecule has 0 saturated carbocycles. The molecule has 1 aromatic carbocycles. The van der Waals surface area contributed by atoms with Gasteiger partial charge in [0.05, 0.1) is 7.11 Å². The van der Waals surface area contributed by atoms with Gasteiger partial charge in [-0.1, -0.05) is 17.2 Å². The summed E-state index contributed by atoms with van der Waals surface area (Å²) in [7, 11) is 1.27. The number of carbonyl (C=O) groups excluding carboxylic acids is 2. The second-order valence-corrected chi connectivity index (χ2v) is 4.54. The SMILES string of the molecule is C=C(C)CC(C(=O)OC)C(=O)c1ccc(Cl)cc1. The fraction of sp³-hybridized carbons (Fsp3) is 0.286. The van der Waals surface area contributed by atoms with Crippen LogP contribution in [0.1, 0.15) is 23.7 Å². The Morgan fingerprint density at radius 3 is 2.33 bits per heavy atom. The molecule has 18 heavy (non-hydrogen) atoms. The van der Waals surface area contributed by atoms with E-state index in [-0.39, 0.29) is 12.2 Å². The van der Waals surface area contributed by atoms with Crippen LogP contribution in [0.3, 0.4) is 0 Å². The van der Waals surface area contributed by atoms with Gasteiger partial charge in [0.15, 0.2) is 5.78 Å². The van der Waals surface area contributed by atoms with Crippen LogP contribution in [0.25, 0.3) is 0 Å². The summed E-state index contributed by atoms with van der Waals surface area (Å²) < 4.78 is 4.65. The van der Waals surface area contributed by atoms with E-state index >= 15 is 0 Å². The highest BCUT2D eigenvalue weighted by Gasteiger charge is 2.28. The number of benzene rings is 1. The first-order chi connectivity index (χ1) is 8.45. The number of carbonyl (C=O) groups is 2. The molecule has 0 heterocycles. The van der Waals surface area contributed by atoms with Crippen LogP contribution in [0.15, 0.2) is 36.4 Å². The number of ether oxygens (including phenoxy) is 1. The predicted molar refractivity (Wildman–Crippen MR) is 70.7 cm³/mol. The maximum atomic E-state index is 12.2. The van der Waals surface area contributed by atoms with Gasteiger partial charge in [-0.2, -0.15) is 0 Å². The van der Waals surface area contributed by atoms with Crippen molar-refractivity contribution in [3.63, 3.8) is 0 Å². The first-order valence-electron chi connectivity index (χ1n) is 5.47. The fourth-order valence-corrected chi connectivity index (χ4v) is 1.72. The van der Waals surface area contributed by atoms with Crippen LogP contribution in [0.5, 0.6) is 0 Å². The van der Waals surface area contributed by atoms with E-state index < -0.39 is 11.9 Å². The fourth-order valence-electron chi connectivity index (χ4n) is 1.59. The van der Waals surface area contributed by atoms with E-state index in [9.17, 15) is 9.59 Å². The monoisotopic (exact) mass is 266 g/mol. The Balaban J connectivity index is 2.98. The highest BCUT2D eigenvalue weighted by atomic mass is 35.5. The van der Waals surface area contributed by atoms with Gasteiger partial charge in [0.25, 0.3) is 0 Å². The van der Waals surface area contributed by atoms with E-state index in [0.717, 1.165) is 5.57 Å². The van der Waals surface area contributed by atoms with Crippen LogP contribution < -0.4 is 0 Å². The third kappa shape index (κ3) is 3.70. The standard InChI is InChI=1S/C14H15ClO3/c1-9(2)8-12(14(17)18-3)13(16)10-4-6-11(15)7-5-10/h4-7,12H,1,8H2,2-3H3. The summed E-state index contributed by atoms with van der Waals surface area (Å²) in [5.74, 6) is -1.66. The molecule has 0 saturated heterocycles. The van der Waals surface area contributed by atoms with Gasteiger partial charge >= 0.3 is 5.97 Å². The second kappa shape index (κ2) is 6.36. The average molecular weight is 267 g/mol. The van der Waals surface area contributed by atoms with Gasteiger partial charge in [0.1, 0.15) is 5.92 Å². The molecular weight excluding hydrogens is 252 g/mol. The van der Waals surface area contributed by atoms with Gasteiger partial charge in [-0.25, -0.2) is 0 Å². The Bertz CT molecular complexity index is 462. The topological polar surface area (TPSA) is 43.4 Å². The van der Waals surface area contributed by atoms with E-state index in [1.807, 2.05) is 0 Å². The van der Waals surface area contributed by atoms with Gasteiger partial charge in [0.2, 0.25) is 0 Å². The van der Waals surface area contributed by atoms with E-state index in [1.165, 1.54) is 7.11 Å². The van der Waals surface area contributed by atoms with Crippen LogP contribution in [0.4, 0.5) is 0 Å². The Morgan fingerprint density at radius 2 is 1.89 bits per heavy atom. The normalized spacial score (nSPS) is 11.7. The molecule has 0 aliphatic heterocycles. The number of hydrogen-bond donors (Lipinski definition) is 0. The van der Waals surface area contributed by atoms with Gasteiger partial charge in [0, 0.05) is 10.6 Å². The maximum Gasteiger partial charge on any atom is 0.316 e. The number of allylic oxidation sites excluding steroid dienone is 1. The highest BCUT2D eigenvalue weighted by Crippen LogP contribution is 2.19. The smallest absolute Gasteiger partial charge is 0.316 e. The number of methoxy groups -OCH3 is 1. The van der Waals surface area contributed by atoms with Crippen LogP contribution in [-0.4, -0.2) is 18.9 Å². The highest BCUT2D eigenvalue weighted by molar-refractivity contribution is 6.30. The molecule has 0 aliphatic rings. The second-order valence-electron chi connectivity index (χ2n) is 4.11. The predicted octanol–water partition coefficient (Wildman–Crippen LogP) is 3.28. The van der Waals surface area contributed by atoms with Crippen molar-refractivity contribution in [1.82, 2.24) is 0 Å². The molecule has 1 rings (SSSR count). The molecule has 0 spiro atoms. The van der Waals surface area contributed by atoms with Crippen molar-refractivity contribution in [3.8, 4) is 0 Å². The number of halogens is 1. The van der Waals surface area contributed by atoms with Crippen LogP contribution >= 0.6 is 11.6 Å². The lowest BCUT2D eigenvalue weighted by molar-refractivity contribution is -0.143. The molecule has 0 aromatic heterocycles. The molecule has 3 nitrogen and oxygen atoms in total. The minimum atomic E-state index is -0.839. The van der Waals surface area contributed by atoms with Gasteiger partial charge in [-0.3, -0.25) is 9.59 Å². The van der Waals surface area contributed by atoms with Crippen molar-refractivity contribution in [2.45, 2.75) is 13.3 Å². The number of ketones is 1. The molecule has 0 aliphatic carbocycles. The van der Waals surface area contributed by atoms with Crippen LogP contribution in [0.2, 0.25) is 5.02 Å². The van der Waals surface area contributed by atoms with Crippen LogP contribution in [-0.2, 0) is 9.53 Å². The lowest BCUT2D eigenvalue weighted by atomic mass is 9.92.